The second-order valence-electron chi connectivity index (χ2n) is 4.44. The van der Waals surface area contributed by atoms with E-state index in [4.69, 9.17) is 15.7 Å². The molecule has 0 atom stereocenters. The second-order valence-corrected chi connectivity index (χ2v) is 5.56. The van der Waals surface area contributed by atoms with Crippen molar-refractivity contribution in [3.63, 3.8) is 0 Å². The first-order valence-corrected chi connectivity index (χ1v) is 7.79. The van der Waals surface area contributed by atoms with Gasteiger partial charge in [0.1, 0.15) is 10.6 Å². The van der Waals surface area contributed by atoms with Crippen LogP contribution in [-0.2, 0) is 11.2 Å². The Balaban J connectivity index is 2.04. The Morgan fingerprint density at radius 3 is 2.95 bits per heavy atom. The Bertz CT molecular complexity index is 575. The third kappa shape index (κ3) is 4.24. The predicted molar refractivity (Wildman–Crippen MR) is 85.6 cm³/mol. The average molecular weight is 311 g/mol. The van der Waals surface area contributed by atoms with Crippen LogP contribution in [0.2, 0.25) is 0 Å². The van der Waals surface area contributed by atoms with Crippen molar-refractivity contribution in [2.45, 2.75) is 19.8 Å². The first kappa shape index (κ1) is 15.9. The normalized spacial score (nSPS) is 11.0. The molecule has 0 radical (unpaired) electrons. The molecule has 0 saturated carbocycles. The molecule has 0 bridgehead atoms. The van der Waals surface area contributed by atoms with Crippen LogP contribution in [0.15, 0.2) is 6.07 Å². The van der Waals surface area contributed by atoms with Crippen LogP contribution >= 0.6 is 11.3 Å². The molecule has 2 heterocycles. The summed E-state index contributed by atoms with van der Waals surface area (Å²) in [5.41, 5.74) is 2.50. The fourth-order valence-electron chi connectivity index (χ4n) is 1.89. The summed E-state index contributed by atoms with van der Waals surface area (Å²) in [6, 6.07) is 2.12. The summed E-state index contributed by atoms with van der Waals surface area (Å²) in [6.45, 7) is 3.89. The first-order chi connectivity index (χ1) is 10.3. The van der Waals surface area contributed by atoms with E-state index in [0.717, 1.165) is 35.4 Å². The summed E-state index contributed by atoms with van der Waals surface area (Å²) >= 11 is 1.65. The fourth-order valence-corrected chi connectivity index (χ4v) is 2.86. The lowest BCUT2D eigenvalue weighted by Crippen LogP contribution is -2.13. The van der Waals surface area contributed by atoms with Gasteiger partial charge in [-0.15, -0.1) is 11.3 Å². The minimum atomic E-state index is 0.0557. The zero-order chi connectivity index (χ0) is 15.1. The summed E-state index contributed by atoms with van der Waals surface area (Å²) in [7, 11) is 0. The van der Waals surface area contributed by atoms with E-state index in [2.05, 4.69) is 33.7 Å². The van der Waals surface area contributed by atoms with Crippen molar-refractivity contribution >= 4 is 33.3 Å². The van der Waals surface area contributed by atoms with Crippen molar-refractivity contribution in [1.29, 1.82) is 0 Å². The highest BCUT2D eigenvalue weighted by molar-refractivity contribution is 7.18. The van der Waals surface area contributed by atoms with Gasteiger partial charge in [-0.2, -0.15) is 4.98 Å². The number of hydrogen-bond donors (Lipinski definition) is 4. The monoisotopic (exact) mass is 311 g/mol. The largest absolute Gasteiger partial charge is 0.394 e. The van der Waals surface area contributed by atoms with Gasteiger partial charge in [0.15, 0.2) is 0 Å². The third-order valence-corrected chi connectivity index (χ3v) is 4.09. The van der Waals surface area contributed by atoms with Crippen LogP contribution in [0.5, 0.6) is 0 Å². The van der Waals surface area contributed by atoms with E-state index >= 15 is 0 Å². The van der Waals surface area contributed by atoms with Gasteiger partial charge in [-0.1, -0.05) is 6.92 Å². The van der Waals surface area contributed by atoms with Gasteiger partial charge in [-0.3, -0.25) is 5.43 Å². The molecule has 0 aliphatic rings. The number of hydrogen-bond acceptors (Lipinski definition) is 8. The smallest absolute Gasteiger partial charge is 0.240 e. The van der Waals surface area contributed by atoms with Gasteiger partial charge in [-0.05, 0) is 18.9 Å². The SMILES string of the molecule is CCc1cc2c(NCCCOCCO)nc(NN)nc2s1. The Hall–Kier alpha value is -1.48. The van der Waals surface area contributed by atoms with Gasteiger partial charge < -0.3 is 15.2 Å². The van der Waals surface area contributed by atoms with E-state index in [1.807, 2.05) is 0 Å². The third-order valence-electron chi connectivity index (χ3n) is 2.91. The summed E-state index contributed by atoms with van der Waals surface area (Å²) in [4.78, 5) is 10.9. The zero-order valence-electron chi connectivity index (χ0n) is 12.1. The molecule has 5 N–H and O–H groups in total. The van der Waals surface area contributed by atoms with Gasteiger partial charge in [-0.25, -0.2) is 10.8 Å². The van der Waals surface area contributed by atoms with E-state index in [1.165, 1.54) is 4.88 Å². The van der Waals surface area contributed by atoms with E-state index in [0.29, 0.717) is 19.2 Å². The first-order valence-electron chi connectivity index (χ1n) is 6.98. The van der Waals surface area contributed by atoms with E-state index in [-0.39, 0.29) is 6.61 Å². The molecule has 21 heavy (non-hydrogen) atoms. The number of thiophene rings is 1. The fraction of sp³-hybridized carbons (Fsp3) is 0.538. The maximum atomic E-state index is 8.63. The quantitative estimate of drug-likeness (QED) is 0.315. The van der Waals surface area contributed by atoms with Crippen LogP contribution in [-0.4, -0.2) is 41.4 Å². The number of hydrazine groups is 1. The number of fused-ring (bicyclic) bond motifs is 1. The molecule has 0 amide bonds. The lowest BCUT2D eigenvalue weighted by Gasteiger charge is -2.08. The summed E-state index contributed by atoms with van der Waals surface area (Å²) in [6.07, 6.45) is 1.81. The lowest BCUT2D eigenvalue weighted by molar-refractivity contribution is 0.0922. The molecule has 0 fully saturated rings. The molecular weight excluding hydrogens is 290 g/mol. The summed E-state index contributed by atoms with van der Waals surface area (Å²) in [5.74, 6) is 6.61. The Labute approximate surface area is 127 Å². The molecule has 2 rings (SSSR count). The number of nitrogens with zero attached hydrogens (tertiary/aromatic N) is 2. The van der Waals surface area contributed by atoms with Crippen molar-refractivity contribution in [2.24, 2.45) is 5.84 Å². The Morgan fingerprint density at radius 1 is 1.38 bits per heavy atom. The Morgan fingerprint density at radius 2 is 2.24 bits per heavy atom. The number of ether oxygens (including phenoxy) is 1. The average Bonchev–Trinajstić information content (AvgIpc) is 2.93. The maximum Gasteiger partial charge on any atom is 0.240 e. The van der Waals surface area contributed by atoms with E-state index < -0.39 is 0 Å². The van der Waals surface area contributed by atoms with Crippen molar-refractivity contribution in [3.05, 3.63) is 10.9 Å². The van der Waals surface area contributed by atoms with Crippen LogP contribution in [0.1, 0.15) is 18.2 Å². The van der Waals surface area contributed by atoms with Crippen LogP contribution in [0.3, 0.4) is 0 Å². The zero-order valence-corrected chi connectivity index (χ0v) is 12.9. The van der Waals surface area contributed by atoms with Gasteiger partial charge >= 0.3 is 0 Å². The van der Waals surface area contributed by atoms with Crippen LogP contribution < -0.4 is 16.6 Å². The number of nitrogens with one attached hydrogen (secondary N) is 2. The molecule has 0 aliphatic heterocycles. The molecule has 0 saturated heterocycles. The van der Waals surface area contributed by atoms with Crippen LogP contribution in [0.4, 0.5) is 11.8 Å². The minimum Gasteiger partial charge on any atom is -0.394 e. The number of rotatable bonds is 9. The van der Waals surface area contributed by atoms with Gasteiger partial charge in [0.25, 0.3) is 0 Å². The molecule has 8 heteroatoms. The molecular formula is C13H21N5O2S. The minimum absolute atomic E-state index is 0.0557. The molecule has 0 aromatic carbocycles. The number of aliphatic hydroxyl groups is 1. The highest BCUT2D eigenvalue weighted by Gasteiger charge is 2.10. The molecule has 0 unspecified atom stereocenters. The van der Waals surface area contributed by atoms with Crippen molar-refractivity contribution in [3.8, 4) is 0 Å². The Kier molecular flexibility index (Phi) is 6.12. The number of nitrogens with two attached hydrogens (primary N) is 1. The maximum absolute atomic E-state index is 8.63. The van der Waals surface area contributed by atoms with Gasteiger partial charge in [0, 0.05) is 18.0 Å². The second kappa shape index (κ2) is 8.08. The van der Waals surface area contributed by atoms with E-state index in [9.17, 15) is 0 Å². The lowest BCUT2D eigenvalue weighted by atomic mass is 10.3. The molecule has 2 aromatic heterocycles. The molecule has 7 nitrogen and oxygen atoms in total. The van der Waals surface area contributed by atoms with E-state index in [1.54, 1.807) is 11.3 Å². The molecule has 2 aromatic rings. The highest BCUT2D eigenvalue weighted by Crippen LogP contribution is 2.30. The highest BCUT2D eigenvalue weighted by atomic mass is 32.1. The number of aliphatic hydroxyl groups excluding tert-OH is 1. The van der Waals surface area contributed by atoms with Gasteiger partial charge in [0.2, 0.25) is 5.95 Å². The predicted octanol–water partition coefficient (Wildman–Crippen LogP) is 1.35. The van der Waals surface area contributed by atoms with Crippen molar-refractivity contribution in [1.82, 2.24) is 9.97 Å². The van der Waals surface area contributed by atoms with Crippen LogP contribution in [0, 0.1) is 0 Å². The number of aryl methyl sites for hydroxylation is 1. The molecule has 0 aliphatic carbocycles. The number of anilines is 2. The molecule has 116 valence electrons. The van der Waals surface area contributed by atoms with Crippen LogP contribution in [0.25, 0.3) is 10.2 Å². The molecule has 0 spiro atoms. The van der Waals surface area contributed by atoms with Gasteiger partial charge in [0.05, 0.1) is 18.6 Å². The van der Waals surface area contributed by atoms with Crippen molar-refractivity contribution in [2.75, 3.05) is 37.1 Å². The summed E-state index contributed by atoms with van der Waals surface area (Å²) in [5, 5.41) is 12.9. The summed E-state index contributed by atoms with van der Waals surface area (Å²) < 4.78 is 5.22. The number of aromatic nitrogens is 2. The topological polar surface area (TPSA) is 105 Å². The standard InChI is InChI=1S/C13H21N5O2S/c1-2-9-8-10-11(15-4-3-6-20-7-5-19)16-13(18-14)17-12(10)21-9/h8,19H,2-7,14H2,1H3,(H2,15,16,17,18). The van der Waals surface area contributed by atoms with Crippen molar-refractivity contribution < 1.29 is 9.84 Å². The number of nitrogen functional groups attached to an aromatic ring is 1.